The van der Waals surface area contributed by atoms with Gasteiger partial charge in [-0.25, -0.2) is 8.42 Å². The lowest BCUT2D eigenvalue weighted by Crippen LogP contribution is -2.34. The van der Waals surface area contributed by atoms with E-state index in [2.05, 4.69) is 4.90 Å². The molecule has 5 nitrogen and oxygen atoms in total. The summed E-state index contributed by atoms with van der Waals surface area (Å²) in [5, 5.41) is 0.932. The summed E-state index contributed by atoms with van der Waals surface area (Å²) in [5.74, 6) is 0. The van der Waals surface area contributed by atoms with Gasteiger partial charge in [0, 0.05) is 24.5 Å². The maximum atomic E-state index is 11.6. The van der Waals surface area contributed by atoms with Gasteiger partial charge in [-0.3, -0.25) is 0 Å². The Labute approximate surface area is 136 Å². The van der Waals surface area contributed by atoms with E-state index in [0.29, 0.717) is 13.1 Å². The van der Waals surface area contributed by atoms with Crippen molar-refractivity contribution in [3.8, 4) is 5.06 Å². The number of thiophene rings is 1. The van der Waals surface area contributed by atoms with E-state index in [1.807, 2.05) is 6.07 Å². The molecular formula is C15H24N2O3S2. The third-order valence-corrected chi connectivity index (χ3v) is 6.74. The van der Waals surface area contributed by atoms with Crippen molar-refractivity contribution in [3.05, 3.63) is 16.5 Å². The summed E-state index contributed by atoms with van der Waals surface area (Å²) in [7, 11) is -3.10. The average molecular weight is 345 g/mol. The van der Waals surface area contributed by atoms with Crippen molar-refractivity contribution in [3.63, 3.8) is 0 Å². The topological polar surface area (TPSA) is 49.9 Å². The molecule has 0 aliphatic carbocycles. The zero-order chi connectivity index (χ0) is 15.6. The van der Waals surface area contributed by atoms with Gasteiger partial charge in [0.1, 0.15) is 0 Å². The van der Waals surface area contributed by atoms with Crippen LogP contribution in [0.4, 0.5) is 0 Å². The Kier molecular flexibility index (Phi) is 5.07. The van der Waals surface area contributed by atoms with E-state index in [0.717, 1.165) is 36.6 Å². The predicted octanol–water partition coefficient (Wildman–Crippen LogP) is 1.93. The van der Waals surface area contributed by atoms with Crippen LogP contribution in [0.5, 0.6) is 5.06 Å². The molecule has 2 aliphatic heterocycles. The van der Waals surface area contributed by atoms with E-state index in [4.69, 9.17) is 4.74 Å². The zero-order valence-electron chi connectivity index (χ0n) is 13.1. The third-order valence-electron chi connectivity index (χ3n) is 4.34. The van der Waals surface area contributed by atoms with Crippen LogP contribution in [0, 0.1) is 0 Å². The molecule has 22 heavy (non-hydrogen) atoms. The molecule has 1 saturated heterocycles. The molecular weight excluding hydrogens is 320 g/mol. The number of sulfonamides is 1. The number of nitrogens with zero attached hydrogens (tertiary/aromatic N) is 2. The monoisotopic (exact) mass is 344 g/mol. The van der Waals surface area contributed by atoms with Crippen LogP contribution >= 0.6 is 11.3 Å². The van der Waals surface area contributed by atoms with Gasteiger partial charge in [-0.15, -0.1) is 11.3 Å². The molecule has 3 heterocycles. The van der Waals surface area contributed by atoms with E-state index in [1.165, 1.54) is 37.1 Å². The number of ether oxygens (including phenoxy) is 1. The van der Waals surface area contributed by atoms with Crippen molar-refractivity contribution in [1.82, 2.24) is 9.21 Å². The van der Waals surface area contributed by atoms with Crippen LogP contribution in [-0.2, 0) is 23.0 Å². The van der Waals surface area contributed by atoms with Gasteiger partial charge in [0.2, 0.25) is 10.0 Å². The first-order valence-corrected chi connectivity index (χ1v) is 10.6. The Morgan fingerprint density at radius 2 is 2.05 bits per heavy atom. The first kappa shape index (κ1) is 16.2. The van der Waals surface area contributed by atoms with Gasteiger partial charge in [-0.2, -0.15) is 4.31 Å². The number of rotatable bonds is 6. The lowest BCUT2D eigenvalue weighted by molar-refractivity contribution is 0.267. The second-order valence-electron chi connectivity index (χ2n) is 6.11. The lowest BCUT2D eigenvalue weighted by atomic mass is 10.1. The van der Waals surface area contributed by atoms with Gasteiger partial charge in [0.15, 0.2) is 5.06 Å². The van der Waals surface area contributed by atoms with Crippen LogP contribution in [0.15, 0.2) is 6.07 Å². The molecule has 0 radical (unpaired) electrons. The fraction of sp³-hybridized carbons (Fsp3) is 0.733. The van der Waals surface area contributed by atoms with Crippen LogP contribution in [-0.4, -0.2) is 56.7 Å². The largest absolute Gasteiger partial charge is 0.484 e. The van der Waals surface area contributed by atoms with Crippen LogP contribution < -0.4 is 4.74 Å². The Morgan fingerprint density at radius 3 is 2.77 bits per heavy atom. The van der Waals surface area contributed by atoms with Crippen molar-refractivity contribution in [2.24, 2.45) is 0 Å². The van der Waals surface area contributed by atoms with Crippen LogP contribution in [0.2, 0.25) is 0 Å². The van der Waals surface area contributed by atoms with Crippen LogP contribution in [0.3, 0.4) is 0 Å². The first-order chi connectivity index (χ1) is 10.5. The molecule has 7 heteroatoms. The molecule has 124 valence electrons. The first-order valence-electron chi connectivity index (χ1n) is 7.94. The number of fused-ring (bicyclic) bond motifs is 1. The highest BCUT2D eigenvalue weighted by molar-refractivity contribution is 7.88. The number of hydrogen-bond acceptors (Lipinski definition) is 5. The zero-order valence-corrected chi connectivity index (χ0v) is 14.7. The molecule has 0 bridgehead atoms. The van der Waals surface area contributed by atoms with Crippen molar-refractivity contribution < 1.29 is 13.2 Å². The van der Waals surface area contributed by atoms with Gasteiger partial charge in [0.25, 0.3) is 0 Å². The summed E-state index contributed by atoms with van der Waals surface area (Å²) >= 11 is 1.67. The molecule has 0 atom stereocenters. The standard InChI is InChI=1S/C15H24N2O3S2/c1-22(18,19)17-9-5-14-13(12-17)11-15(21-14)20-10-4-8-16-6-2-3-7-16/h11H,2-10,12H2,1H3. The molecule has 2 aliphatic rings. The summed E-state index contributed by atoms with van der Waals surface area (Å²) in [5.41, 5.74) is 1.11. The highest BCUT2D eigenvalue weighted by atomic mass is 32.2. The Bertz CT molecular complexity index is 606. The minimum Gasteiger partial charge on any atom is -0.484 e. The van der Waals surface area contributed by atoms with Crippen molar-refractivity contribution in [2.45, 2.75) is 32.2 Å². The van der Waals surface area contributed by atoms with Gasteiger partial charge in [-0.1, -0.05) is 0 Å². The summed E-state index contributed by atoms with van der Waals surface area (Å²) in [6.45, 7) is 5.39. The fourth-order valence-corrected chi connectivity index (χ4v) is 4.93. The molecule has 1 aromatic heterocycles. The predicted molar refractivity (Wildman–Crippen MR) is 89.1 cm³/mol. The number of likely N-dealkylation sites (tertiary alicyclic amines) is 1. The van der Waals surface area contributed by atoms with E-state index in [1.54, 1.807) is 15.6 Å². The normalized spacial score (nSPS) is 20.2. The molecule has 0 amide bonds. The van der Waals surface area contributed by atoms with Crippen LogP contribution in [0.1, 0.15) is 29.7 Å². The Balaban J connectivity index is 1.49. The fourth-order valence-electron chi connectivity index (χ4n) is 3.10. The van der Waals surface area contributed by atoms with Gasteiger partial charge in [0.05, 0.1) is 12.9 Å². The summed E-state index contributed by atoms with van der Waals surface area (Å²) in [6.07, 6.45) is 5.78. The SMILES string of the molecule is CS(=O)(=O)N1CCc2sc(OCCCN3CCCC3)cc2C1. The van der Waals surface area contributed by atoms with Gasteiger partial charge < -0.3 is 9.64 Å². The molecule has 0 saturated carbocycles. The van der Waals surface area contributed by atoms with Gasteiger partial charge in [-0.05, 0) is 50.4 Å². The van der Waals surface area contributed by atoms with Crippen molar-refractivity contribution in [2.75, 3.05) is 39.0 Å². The maximum absolute atomic E-state index is 11.6. The molecule has 0 spiro atoms. The third kappa shape index (κ3) is 4.01. The summed E-state index contributed by atoms with van der Waals surface area (Å²) in [6, 6.07) is 2.02. The van der Waals surface area contributed by atoms with Gasteiger partial charge >= 0.3 is 0 Å². The molecule has 1 aromatic rings. The highest BCUT2D eigenvalue weighted by Gasteiger charge is 2.25. The van der Waals surface area contributed by atoms with E-state index < -0.39 is 10.0 Å². The van der Waals surface area contributed by atoms with E-state index in [9.17, 15) is 8.42 Å². The van der Waals surface area contributed by atoms with E-state index in [-0.39, 0.29) is 0 Å². The molecule has 0 unspecified atom stereocenters. The second kappa shape index (κ2) is 6.86. The summed E-state index contributed by atoms with van der Waals surface area (Å²) < 4.78 is 30.7. The molecule has 1 fully saturated rings. The molecule has 0 aromatic carbocycles. The Hall–Kier alpha value is -0.630. The Morgan fingerprint density at radius 1 is 1.27 bits per heavy atom. The maximum Gasteiger partial charge on any atom is 0.211 e. The minimum absolute atomic E-state index is 0.488. The minimum atomic E-state index is -3.10. The highest BCUT2D eigenvalue weighted by Crippen LogP contribution is 2.34. The second-order valence-corrected chi connectivity index (χ2v) is 9.19. The van der Waals surface area contributed by atoms with Crippen molar-refractivity contribution >= 4 is 21.4 Å². The van der Waals surface area contributed by atoms with Crippen LogP contribution in [0.25, 0.3) is 0 Å². The average Bonchev–Trinajstić information content (AvgIpc) is 3.10. The van der Waals surface area contributed by atoms with E-state index >= 15 is 0 Å². The molecule has 3 rings (SSSR count). The summed E-state index contributed by atoms with van der Waals surface area (Å²) in [4.78, 5) is 3.77. The number of hydrogen-bond donors (Lipinski definition) is 0. The molecule has 0 N–H and O–H groups in total. The lowest BCUT2D eigenvalue weighted by Gasteiger charge is -2.24. The quantitative estimate of drug-likeness (QED) is 0.740. The smallest absolute Gasteiger partial charge is 0.211 e. The van der Waals surface area contributed by atoms with Crippen molar-refractivity contribution in [1.29, 1.82) is 0 Å².